The van der Waals surface area contributed by atoms with Crippen molar-refractivity contribution in [1.29, 1.82) is 0 Å². The third-order valence-corrected chi connectivity index (χ3v) is 11.2. The summed E-state index contributed by atoms with van der Waals surface area (Å²) in [6, 6.07) is 2.65. The van der Waals surface area contributed by atoms with Crippen LogP contribution in [0.3, 0.4) is 0 Å². The minimum atomic E-state index is -1.79. The first-order valence-electron chi connectivity index (χ1n) is 18.2. The molecule has 54 heavy (non-hydrogen) atoms. The summed E-state index contributed by atoms with van der Waals surface area (Å²) in [5.74, 6) is -1.34. The number of likely N-dealkylation sites (N-methyl/N-ethyl adjacent to an activating group) is 1. The first-order valence-corrected chi connectivity index (χ1v) is 19.0. The molecule has 15 heteroatoms. The molecular weight excluding hydrogens is 738 g/mol. The van der Waals surface area contributed by atoms with Gasteiger partial charge in [0.25, 0.3) is 0 Å². The SMILES string of the molecule is COc1cc2cc(c1Cl)N(C)C(=O)C[C@H](OC(=O)[C@H](C)N(C)C(=O)CCC(C)(C)S)CC1(C)O[C@H]1[C@H](C)[C@@H]1C[C@@](O)(NC(=O)O1)[C@H](OC)/C=C/C=C(\C)C2. The molecule has 0 aromatic heterocycles. The molecule has 3 aliphatic rings. The van der Waals surface area contributed by atoms with Crippen molar-refractivity contribution in [2.45, 2.75) is 127 Å². The number of anilines is 1. The normalized spacial score (nSPS) is 31.4. The van der Waals surface area contributed by atoms with Crippen LogP contribution in [0.15, 0.2) is 35.9 Å². The average molecular weight is 794 g/mol. The van der Waals surface area contributed by atoms with E-state index in [1.165, 1.54) is 24.0 Å². The van der Waals surface area contributed by atoms with Gasteiger partial charge in [-0.3, -0.25) is 14.9 Å². The molecule has 3 amide bonds. The minimum Gasteiger partial charge on any atom is -0.495 e. The molecule has 4 rings (SSSR count). The summed E-state index contributed by atoms with van der Waals surface area (Å²) in [6.45, 7) is 11.0. The Hall–Kier alpha value is -3.30. The second-order valence-corrected chi connectivity index (χ2v) is 17.3. The lowest BCUT2D eigenvalue weighted by molar-refractivity contribution is -0.159. The van der Waals surface area contributed by atoms with Gasteiger partial charge in [-0.25, -0.2) is 9.59 Å². The van der Waals surface area contributed by atoms with Crippen molar-refractivity contribution < 1.29 is 48.0 Å². The van der Waals surface area contributed by atoms with E-state index in [1.54, 1.807) is 45.3 Å². The van der Waals surface area contributed by atoms with Gasteiger partial charge in [0.15, 0.2) is 5.72 Å². The summed E-state index contributed by atoms with van der Waals surface area (Å²) < 4.78 is 28.8. The fourth-order valence-corrected chi connectivity index (χ4v) is 7.49. The van der Waals surface area contributed by atoms with Crippen molar-refractivity contribution in [1.82, 2.24) is 10.2 Å². The molecule has 4 bridgehead atoms. The fraction of sp³-hybridized carbons (Fsp3) is 0.641. The second kappa shape index (κ2) is 17.2. The Bertz CT molecular complexity index is 1650. The maximum absolute atomic E-state index is 14.1. The lowest BCUT2D eigenvalue weighted by Crippen LogP contribution is -2.63. The molecule has 0 spiro atoms. The van der Waals surface area contributed by atoms with Crippen LogP contribution >= 0.6 is 24.2 Å². The first kappa shape index (κ1) is 43.4. The molecule has 1 unspecified atom stereocenters. The van der Waals surface area contributed by atoms with Crippen molar-refractivity contribution in [3.8, 4) is 5.75 Å². The summed E-state index contributed by atoms with van der Waals surface area (Å²) in [6.07, 6.45) is 2.39. The molecular formula is C39H56ClN3O10S. The van der Waals surface area contributed by atoms with Gasteiger partial charge in [-0.2, -0.15) is 12.6 Å². The molecule has 1 aromatic rings. The molecule has 0 radical (unpaired) electrons. The smallest absolute Gasteiger partial charge is 0.409 e. The monoisotopic (exact) mass is 793 g/mol. The number of halogens is 1. The van der Waals surface area contributed by atoms with E-state index in [2.05, 4.69) is 17.9 Å². The molecule has 0 saturated carbocycles. The summed E-state index contributed by atoms with van der Waals surface area (Å²) >= 11 is 11.3. The van der Waals surface area contributed by atoms with Crippen molar-refractivity contribution >= 4 is 53.8 Å². The minimum absolute atomic E-state index is 0.00128. The molecule has 2 N–H and O–H groups in total. The van der Waals surface area contributed by atoms with Crippen LogP contribution in [0.4, 0.5) is 10.5 Å². The topological polar surface area (TPSA) is 156 Å². The number of hydrogen-bond acceptors (Lipinski definition) is 11. The standard InChI is InChI=1S/C39H56ClN3O10S/c1-22-12-11-13-30(50-10)39(48)21-29(52-36(47)41-39)23(2)34-38(6,53-34)20-26(51-35(46)24(3)42(7)31(44)14-15-37(4,5)54)19-32(45)43(8)27-17-25(16-22)18-28(49-9)33(27)40/h11-13,17-18,23-24,26,29-30,34,48,54H,14-16,19-21H2,1-10H3,(H,41,47)/b13-11+,22-12+/t23-,24+,26+,29+,30-,34+,38?,39+/m1/s1. The Morgan fingerprint density at radius 1 is 1.24 bits per heavy atom. The van der Waals surface area contributed by atoms with Gasteiger partial charge in [0.2, 0.25) is 11.8 Å². The number of nitrogens with one attached hydrogen (secondary N) is 1. The number of esters is 1. The van der Waals surface area contributed by atoms with Gasteiger partial charge in [-0.05, 0) is 51.3 Å². The van der Waals surface area contributed by atoms with Crippen LogP contribution in [0, 0.1) is 5.92 Å². The number of rotatable bonds is 8. The summed E-state index contributed by atoms with van der Waals surface area (Å²) in [5, 5.41) is 14.5. The summed E-state index contributed by atoms with van der Waals surface area (Å²) in [5.41, 5.74) is -0.536. The number of aliphatic hydroxyl groups is 1. The molecule has 3 aliphatic heterocycles. The molecule has 1 aromatic carbocycles. The van der Waals surface area contributed by atoms with E-state index >= 15 is 0 Å². The summed E-state index contributed by atoms with van der Waals surface area (Å²) in [7, 11) is 6.08. The van der Waals surface area contributed by atoms with Gasteiger partial charge in [0.05, 0.1) is 30.9 Å². The zero-order valence-electron chi connectivity index (χ0n) is 32.9. The van der Waals surface area contributed by atoms with Crippen molar-refractivity contribution in [2.75, 3.05) is 33.2 Å². The lowest BCUT2D eigenvalue weighted by atomic mass is 9.84. The number of methoxy groups -OCH3 is 2. The Kier molecular flexibility index (Phi) is 13.9. The molecule has 2 saturated heterocycles. The number of benzene rings is 1. The third kappa shape index (κ3) is 10.5. The van der Waals surface area contributed by atoms with Crippen LogP contribution in [0.25, 0.3) is 0 Å². The van der Waals surface area contributed by atoms with Crippen molar-refractivity contribution in [3.05, 3.63) is 46.5 Å². The Morgan fingerprint density at radius 3 is 2.56 bits per heavy atom. The van der Waals surface area contributed by atoms with E-state index in [0.29, 0.717) is 24.3 Å². The number of nitrogens with zero attached hydrogens (tertiary/aromatic N) is 2. The highest BCUT2D eigenvalue weighted by molar-refractivity contribution is 7.81. The fourth-order valence-electron chi connectivity index (χ4n) is 7.07. The second-order valence-electron chi connectivity index (χ2n) is 15.7. The highest BCUT2D eigenvalue weighted by atomic mass is 35.5. The number of thiol groups is 1. The largest absolute Gasteiger partial charge is 0.495 e. The third-order valence-electron chi connectivity index (χ3n) is 10.6. The highest BCUT2D eigenvalue weighted by Gasteiger charge is 2.60. The number of carbonyl (C=O) groups excluding carboxylic acids is 4. The van der Waals surface area contributed by atoms with Gasteiger partial charge in [-0.1, -0.05) is 56.2 Å². The van der Waals surface area contributed by atoms with Gasteiger partial charge >= 0.3 is 12.1 Å². The van der Waals surface area contributed by atoms with E-state index < -0.39 is 59.8 Å². The molecule has 13 nitrogen and oxygen atoms in total. The van der Waals surface area contributed by atoms with Gasteiger partial charge < -0.3 is 38.6 Å². The number of allylic oxidation sites excluding steroid dienone is 3. The van der Waals surface area contributed by atoms with Crippen LogP contribution in [0.1, 0.15) is 79.2 Å². The van der Waals surface area contributed by atoms with E-state index in [-0.39, 0.29) is 47.3 Å². The molecule has 2 fully saturated rings. The lowest BCUT2D eigenvalue weighted by Gasteiger charge is -2.42. The molecule has 3 heterocycles. The average Bonchev–Trinajstić information content (AvgIpc) is 3.76. The van der Waals surface area contributed by atoms with Crippen LogP contribution < -0.4 is 15.0 Å². The number of epoxide rings is 1. The van der Waals surface area contributed by atoms with Crippen LogP contribution in [0.5, 0.6) is 5.75 Å². The predicted octanol–water partition coefficient (Wildman–Crippen LogP) is 5.39. The Labute approximate surface area is 329 Å². The Balaban J connectivity index is 1.71. The van der Waals surface area contributed by atoms with Crippen molar-refractivity contribution in [3.63, 3.8) is 0 Å². The number of amides is 3. The van der Waals surface area contributed by atoms with E-state index in [9.17, 15) is 24.3 Å². The molecule has 8 atom stereocenters. The molecule has 0 aliphatic carbocycles. The van der Waals surface area contributed by atoms with Crippen molar-refractivity contribution in [2.24, 2.45) is 5.92 Å². The number of hydrogen-bond donors (Lipinski definition) is 3. The van der Waals surface area contributed by atoms with Crippen LogP contribution in [-0.2, 0) is 39.8 Å². The number of alkyl carbamates (subject to hydrolysis) is 1. The van der Waals surface area contributed by atoms with Crippen LogP contribution in [0.2, 0.25) is 5.02 Å². The van der Waals surface area contributed by atoms with E-state index in [0.717, 1.165) is 11.1 Å². The van der Waals surface area contributed by atoms with E-state index in [4.69, 9.17) is 35.3 Å². The Morgan fingerprint density at radius 2 is 1.93 bits per heavy atom. The van der Waals surface area contributed by atoms with Crippen LogP contribution in [-0.4, -0.2) is 109 Å². The summed E-state index contributed by atoms with van der Waals surface area (Å²) in [4.78, 5) is 56.3. The maximum atomic E-state index is 14.1. The van der Waals surface area contributed by atoms with Gasteiger partial charge in [0, 0.05) is 51.1 Å². The maximum Gasteiger partial charge on any atom is 0.409 e. The number of ether oxygens (including phenoxy) is 5. The number of fused-ring (bicyclic) bond motifs is 5. The number of carbonyl (C=O) groups is 4. The zero-order valence-corrected chi connectivity index (χ0v) is 34.6. The predicted molar refractivity (Wildman–Crippen MR) is 208 cm³/mol. The van der Waals surface area contributed by atoms with E-state index in [1.807, 2.05) is 40.7 Å². The molecule has 300 valence electrons. The van der Waals surface area contributed by atoms with Gasteiger partial charge in [-0.15, -0.1) is 0 Å². The first-order chi connectivity index (χ1) is 25.1. The highest BCUT2D eigenvalue weighted by Crippen LogP contribution is 2.48. The zero-order chi connectivity index (χ0) is 40.3. The quantitative estimate of drug-likeness (QED) is 0.177. The van der Waals surface area contributed by atoms with Gasteiger partial charge in [0.1, 0.15) is 35.1 Å².